The van der Waals surface area contributed by atoms with Crippen molar-refractivity contribution in [3.05, 3.63) is 5.82 Å². The van der Waals surface area contributed by atoms with Crippen LogP contribution in [-0.4, -0.2) is 15.5 Å². The molecule has 32 valence electrons. The van der Waals surface area contributed by atoms with E-state index in [-0.39, 0.29) is 0 Å². The van der Waals surface area contributed by atoms with Crippen LogP contribution < -0.4 is 0 Å². The second-order valence-corrected chi connectivity index (χ2v) is 0.902. The Bertz CT molecular complexity index is 112. The van der Waals surface area contributed by atoms with Gasteiger partial charge in [-0.25, -0.2) is 4.63 Å². The largest absolute Gasteiger partial charge is 0.222 e. The maximum atomic E-state index is 4.10. The lowest BCUT2D eigenvalue weighted by Gasteiger charge is -1.56. The summed E-state index contributed by atoms with van der Waals surface area (Å²) in [5, 5.41) is 9.79. The average molecular weight is 85.1 g/mol. The monoisotopic (exact) mass is 85.0 g/mol. The van der Waals surface area contributed by atoms with Crippen molar-refractivity contribution < 1.29 is 4.63 Å². The lowest BCUT2D eigenvalue weighted by Crippen LogP contribution is -1.68. The van der Waals surface area contributed by atoms with E-state index in [4.69, 9.17) is 0 Å². The number of aromatic nitrogens is 3. The first kappa shape index (κ1) is 3.27. The van der Waals surface area contributed by atoms with Crippen LogP contribution in [0.5, 0.6) is 0 Å². The summed E-state index contributed by atoms with van der Waals surface area (Å²) in [5.74, 6) is 0.565. The first-order valence-electron chi connectivity index (χ1n) is 1.51. The average Bonchev–Trinajstić information content (AvgIpc) is 1.86. The minimum absolute atomic E-state index is 0.565. The summed E-state index contributed by atoms with van der Waals surface area (Å²) in [7, 11) is 0. The van der Waals surface area contributed by atoms with E-state index in [9.17, 15) is 0 Å². The molecule has 0 aliphatic rings. The van der Waals surface area contributed by atoms with Gasteiger partial charge in [0.05, 0.1) is 5.27 Å². The van der Waals surface area contributed by atoms with Gasteiger partial charge in [0.15, 0.2) is 5.82 Å². The van der Waals surface area contributed by atoms with Gasteiger partial charge >= 0.3 is 0 Å². The van der Waals surface area contributed by atoms with Gasteiger partial charge in [0.1, 0.15) is 0 Å². The first-order valence-corrected chi connectivity index (χ1v) is 1.51. The Kier molecular flexibility index (Phi) is 0.567. The molecule has 0 saturated heterocycles. The lowest BCUT2D eigenvalue weighted by atomic mass is 10.8. The van der Waals surface area contributed by atoms with Gasteiger partial charge in [0.2, 0.25) is 0 Å². The highest BCUT2D eigenvalue weighted by Gasteiger charge is 1.81. The normalized spacial score (nSPS) is 8.83. The maximum absolute atomic E-state index is 4.10. The molecule has 0 fully saturated rings. The molecule has 0 N–H and O–H groups in total. The molecule has 0 aliphatic heterocycles. The van der Waals surface area contributed by atoms with Crippen LogP contribution in [0, 0.1) is 6.92 Å². The van der Waals surface area contributed by atoms with Crippen molar-refractivity contribution in [2.45, 2.75) is 6.92 Å². The number of hydrogen-bond acceptors (Lipinski definition) is 4. The van der Waals surface area contributed by atoms with Crippen molar-refractivity contribution in [3.8, 4) is 0 Å². The summed E-state index contributed by atoms with van der Waals surface area (Å²) in [4.78, 5) is 0. The van der Waals surface area contributed by atoms with E-state index >= 15 is 0 Å². The van der Waals surface area contributed by atoms with Crippen LogP contribution in [0.2, 0.25) is 0 Å². The van der Waals surface area contributed by atoms with Gasteiger partial charge in [-0.3, -0.25) is 0 Å². The third-order valence-electron chi connectivity index (χ3n) is 0.395. The predicted molar refractivity (Wildman–Crippen MR) is 16.8 cm³/mol. The van der Waals surface area contributed by atoms with Crippen LogP contribution in [-0.2, 0) is 0 Å². The molecule has 0 radical (unpaired) electrons. The molecular formula is C2H3N3O. The van der Waals surface area contributed by atoms with Gasteiger partial charge in [-0.2, -0.15) is 0 Å². The highest BCUT2D eigenvalue weighted by molar-refractivity contribution is 4.61. The molecule has 4 nitrogen and oxygen atoms in total. The fraction of sp³-hybridized carbons (Fsp3) is 0.500. The van der Waals surface area contributed by atoms with Crippen LogP contribution in [0.1, 0.15) is 5.82 Å². The molecule has 1 heterocycles. The Morgan fingerprint density at radius 1 is 1.67 bits per heavy atom. The lowest BCUT2D eigenvalue weighted by molar-refractivity contribution is 0.291. The highest BCUT2D eigenvalue weighted by Crippen LogP contribution is 1.73. The van der Waals surface area contributed by atoms with Crippen LogP contribution in [0.15, 0.2) is 4.63 Å². The zero-order chi connectivity index (χ0) is 4.41. The van der Waals surface area contributed by atoms with Crippen molar-refractivity contribution in [3.63, 3.8) is 0 Å². The van der Waals surface area contributed by atoms with Crippen LogP contribution >= 0.6 is 0 Å². The Labute approximate surface area is 34.1 Å². The van der Waals surface area contributed by atoms with Gasteiger partial charge < -0.3 is 0 Å². The maximum Gasteiger partial charge on any atom is 0.193 e. The zero-order valence-electron chi connectivity index (χ0n) is 3.25. The highest BCUT2D eigenvalue weighted by atomic mass is 16.6. The summed E-state index contributed by atoms with van der Waals surface area (Å²) in [6, 6.07) is 0. The summed E-state index contributed by atoms with van der Waals surface area (Å²) in [6.07, 6.45) is 0. The van der Waals surface area contributed by atoms with Gasteiger partial charge in [-0.05, 0) is 5.16 Å². The minimum atomic E-state index is 0.565. The van der Waals surface area contributed by atoms with Crippen molar-refractivity contribution in [2.24, 2.45) is 0 Å². The molecule has 0 aromatic carbocycles. The second kappa shape index (κ2) is 1.04. The molecule has 0 amide bonds. The SMILES string of the molecule is Cc1nnon1. The summed E-state index contributed by atoms with van der Waals surface area (Å²) in [5.41, 5.74) is 0. The molecule has 0 unspecified atom stereocenters. The molecule has 4 heteroatoms. The Morgan fingerprint density at radius 2 is 2.50 bits per heavy atom. The molecule has 0 atom stereocenters. The standard InChI is InChI=1S/C2H3N3O/c1-2-3-5-6-4-2/h1H3. The van der Waals surface area contributed by atoms with Crippen LogP contribution in [0.4, 0.5) is 0 Å². The van der Waals surface area contributed by atoms with E-state index in [2.05, 4.69) is 20.2 Å². The van der Waals surface area contributed by atoms with Crippen molar-refractivity contribution in [1.82, 2.24) is 15.5 Å². The van der Waals surface area contributed by atoms with E-state index in [1.54, 1.807) is 6.92 Å². The molecule has 6 heavy (non-hydrogen) atoms. The van der Waals surface area contributed by atoms with E-state index < -0.39 is 0 Å². The number of nitrogens with zero attached hydrogens (tertiary/aromatic N) is 3. The summed E-state index contributed by atoms with van der Waals surface area (Å²) >= 11 is 0. The van der Waals surface area contributed by atoms with Crippen molar-refractivity contribution >= 4 is 0 Å². The molecule has 1 aromatic rings. The molecular weight excluding hydrogens is 82.0 g/mol. The fourth-order valence-electron chi connectivity index (χ4n) is 0.173. The number of rotatable bonds is 0. The van der Waals surface area contributed by atoms with Gasteiger partial charge in [-0.15, -0.1) is 0 Å². The number of hydrogen-bond donors (Lipinski definition) is 0. The summed E-state index contributed by atoms with van der Waals surface area (Å²) < 4.78 is 4.10. The Morgan fingerprint density at radius 3 is 2.67 bits per heavy atom. The van der Waals surface area contributed by atoms with Crippen LogP contribution in [0.25, 0.3) is 0 Å². The predicted octanol–water partition coefficient (Wildman–Crippen LogP) is -0.227. The number of aryl methyl sites for hydroxylation is 1. The quantitative estimate of drug-likeness (QED) is 0.436. The first-order chi connectivity index (χ1) is 2.89. The minimum Gasteiger partial charge on any atom is -0.222 e. The van der Waals surface area contributed by atoms with Crippen LogP contribution in [0.3, 0.4) is 0 Å². The Hall–Kier alpha value is -0.930. The fourth-order valence-corrected chi connectivity index (χ4v) is 0.173. The molecule has 0 saturated carbocycles. The van der Waals surface area contributed by atoms with E-state index in [1.165, 1.54) is 0 Å². The molecule has 0 spiro atoms. The molecule has 1 rings (SSSR count). The summed E-state index contributed by atoms with van der Waals surface area (Å²) in [6.45, 7) is 1.70. The molecule has 0 aliphatic carbocycles. The molecule has 1 aromatic heterocycles. The van der Waals surface area contributed by atoms with Gasteiger partial charge in [0.25, 0.3) is 0 Å². The second-order valence-electron chi connectivity index (χ2n) is 0.902. The van der Waals surface area contributed by atoms with Gasteiger partial charge in [-0.1, -0.05) is 5.10 Å². The smallest absolute Gasteiger partial charge is 0.193 e. The van der Waals surface area contributed by atoms with E-state index in [0.717, 1.165) is 0 Å². The van der Waals surface area contributed by atoms with Gasteiger partial charge in [0, 0.05) is 6.92 Å². The third kappa shape index (κ3) is 0.357. The zero-order valence-corrected chi connectivity index (χ0v) is 3.25. The topological polar surface area (TPSA) is 51.8 Å². The molecule has 0 bridgehead atoms. The van der Waals surface area contributed by atoms with Crippen molar-refractivity contribution in [2.75, 3.05) is 0 Å². The van der Waals surface area contributed by atoms with E-state index in [0.29, 0.717) is 5.82 Å². The third-order valence-corrected chi connectivity index (χ3v) is 0.395. The van der Waals surface area contributed by atoms with E-state index in [1.807, 2.05) is 0 Å². The van der Waals surface area contributed by atoms with Crippen molar-refractivity contribution in [1.29, 1.82) is 0 Å². The Balaban J connectivity index is 3.05.